The lowest BCUT2D eigenvalue weighted by Crippen LogP contribution is -2.54. The predicted octanol–water partition coefficient (Wildman–Crippen LogP) is 4.01. The molecular weight excluding hydrogens is 498 g/mol. The van der Waals surface area contributed by atoms with Crippen molar-refractivity contribution < 1.29 is 28.7 Å². The van der Waals surface area contributed by atoms with Crippen molar-refractivity contribution in [2.75, 3.05) is 20.2 Å². The number of rotatable bonds is 11. The minimum Gasteiger partial charge on any atom is -0.468 e. The summed E-state index contributed by atoms with van der Waals surface area (Å²) in [5, 5.41) is 5.35. The van der Waals surface area contributed by atoms with Gasteiger partial charge < -0.3 is 25.0 Å². The first kappa shape index (κ1) is 31.3. The number of hydrogen-bond acceptors (Lipinski definition) is 6. The van der Waals surface area contributed by atoms with Gasteiger partial charge in [0.2, 0.25) is 11.8 Å². The lowest BCUT2D eigenvalue weighted by molar-refractivity contribution is -0.144. The van der Waals surface area contributed by atoms with Crippen molar-refractivity contribution >= 4 is 23.9 Å². The second-order valence-corrected chi connectivity index (χ2v) is 10.5. The first-order valence-corrected chi connectivity index (χ1v) is 13.1. The molecule has 2 N–H and O–H groups in total. The summed E-state index contributed by atoms with van der Waals surface area (Å²) >= 11 is 0. The molecule has 0 aliphatic rings. The predicted molar refractivity (Wildman–Crippen MR) is 149 cm³/mol. The largest absolute Gasteiger partial charge is 0.468 e. The van der Waals surface area contributed by atoms with E-state index in [0.29, 0.717) is 12.0 Å². The highest BCUT2D eigenvalue weighted by Crippen LogP contribution is 2.27. The average Bonchev–Trinajstić information content (AvgIpc) is 2.87. The third-order valence-corrected chi connectivity index (χ3v) is 5.94. The van der Waals surface area contributed by atoms with Gasteiger partial charge >= 0.3 is 12.1 Å². The van der Waals surface area contributed by atoms with Gasteiger partial charge in [-0.15, -0.1) is 0 Å². The Morgan fingerprint density at radius 3 is 2.26 bits per heavy atom. The van der Waals surface area contributed by atoms with E-state index in [4.69, 9.17) is 4.74 Å². The van der Waals surface area contributed by atoms with Crippen molar-refractivity contribution in [2.24, 2.45) is 0 Å². The highest BCUT2D eigenvalue weighted by atomic mass is 16.6. The van der Waals surface area contributed by atoms with Crippen LogP contribution in [0.4, 0.5) is 4.79 Å². The number of esters is 1. The molecule has 0 bridgehead atoms. The van der Waals surface area contributed by atoms with Crippen molar-refractivity contribution in [3.8, 4) is 0 Å². The van der Waals surface area contributed by atoms with Crippen molar-refractivity contribution in [3.63, 3.8) is 0 Å². The summed E-state index contributed by atoms with van der Waals surface area (Å²) in [7, 11) is 1.24. The molecule has 0 heterocycles. The molecule has 2 rings (SSSR count). The molecule has 0 spiro atoms. The van der Waals surface area contributed by atoms with Crippen LogP contribution in [-0.4, -0.2) is 60.6 Å². The SMILES string of the molecule is CCCN(C(=O)C(Cc1ccccc1)NC(=O)OC(C)(C)C)C(C(=O)NCC(=O)OC)c1cc(C)ccc1C. The highest BCUT2D eigenvalue weighted by Gasteiger charge is 2.37. The second kappa shape index (κ2) is 14.3. The average molecular weight is 540 g/mol. The van der Waals surface area contributed by atoms with E-state index in [0.717, 1.165) is 16.7 Å². The van der Waals surface area contributed by atoms with Crippen LogP contribution in [0.25, 0.3) is 0 Å². The summed E-state index contributed by atoms with van der Waals surface area (Å²) in [6, 6.07) is 12.9. The molecule has 2 atom stereocenters. The number of nitrogens with zero attached hydrogens (tertiary/aromatic N) is 1. The van der Waals surface area contributed by atoms with Gasteiger partial charge in [-0.2, -0.15) is 0 Å². The van der Waals surface area contributed by atoms with Gasteiger partial charge in [0.25, 0.3) is 0 Å². The summed E-state index contributed by atoms with van der Waals surface area (Å²) < 4.78 is 10.1. The Morgan fingerprint density at radius 2 is 1.67 bits per heavy atom. The molecule has 0 aliphatic heterocycles. The second-order valence-electron chi connectivity index (χ2n) is 10.5. The molecule has 9 heteroatoms. The minimum atomic E-state index is -1.04. The summed E-state index contributed by atoms with van der Waals surface area (Å²) in [6.45, 7) is 10.8. The van der Waals surface area contributed by atoms with E-state index in [1.807, 2.05) is 69.3 Å². The Morgan fingerprint density at radius 1 is 1.00 bits per heavy atom. The van der Waals surface area contributed by atoms with Crippen LogP contribution in [0.5, 0.6) is 0 Å². The number of benzene rings is 2. The van der Waals surface area contributed by atoms with E-state index in [-0.39, 0.29) is 19.5 Å². The molecule has 2 aromatic rings. The molecule has 0 radical (unpaired) electrons. The summed E-state index contributed by atoms with van der Waals surface area (Å²) in [5.41, 5.74) is 2.43. The van der Waals surface area contributed by atoms with E-state index >= 15 is 0 Å². The zero-order chi connectivity index (χ0) is 29.2. The van der Waals surface area contributed by atoms with Crippen LogP contribution in [0.15, 0.2) is 48.5 Å². The van der Waals surface area contributed by atoms with Crippen LogP contribution in [0.2, 0.25) is 0 Å². The Balaban J connectivity index is 2.55. The molecule has 2 unspecified atom stereocenters. The topological polar surface area (TPSA) is 114 Å². The quantitative estimate of drug-likeness (QED) is 0.417. The third-order valence-electron chi connectivity index (χ3n) is 5.94. The van der Waals surface area contributed by atoms with E-state index in [1.165, 1.54) is 12.0 Å². The lowest BCUT2D eigenvalue weighted by Gasteiger charge is -2.35. The van der Waals surface area contributed by atoms with Crippen molar-refractivity contribution in [2.45, 2.75) is 72.1 Å². The lowest BCUT2D eigenvalue weighted by atomic mass is 9.95. The van der Waals surface area contributed by atoms with Crippen LogP contribution >= 0.6 is 0 Å². The molecule has 3 amide bonds. The third kappa shape index (κ3) is 9.74. The number of carbonyl (C=O) groups excluding carboxylic acids is 4. The van der Waals surface area contributed by atoms with Gasteiger partial charge in [0.1, 0.15) is 24.2 Å². The fourth-order valence-corrected chi connectivity index (χ4v) is 4.14. The number of amides is 3. The van der Waals surface area contributed by atoms with E-state index in [9.17, 15) is 19.2 Å². The molecule has 0 fully saturated rings. The standard InChI is InChI=1S/C30H41N3O6/c1-8-16-33(26(27(35)31-19-25(34)38-7)23-17-20(2)14-15-21(23)3)28(36)24(18-22-12-10-9-11-13-22)32-29(37)39-30(4,5)6/h9-15,17,24,26H,8,16,18-19H2,1-7H3,(H,31,35)(H,32,37). The number of carbonyl (C=O) groups is 4. The zero-order valence-electron chi connectivity index (χ0n) is 24.0. The van der Waals surface area contributed by atoms with Gasteiger partial charge in [0.05, 0.1) is 7.11 Å². The molecule has 39 heavy (non-hydrogen) atoms. The van der Waals surface area contributed by atoms with Crippen LogP contribution in [0.1, 0.15) is 62.4 Å². The van der Waals surface area contributed by atoms with Crippen molar-refractivity contribution in [3.05, 3.63) is 70.8 Å². The number of nitrogens with one attached hydrogen (secondary N) is 2. The first-order valence-electron chi connectivity index (χ1n) is 13.1. The zero-order valence-corrected chi connectivity index (χ0v) is 24.0. The van der Waals surface area contributed by atoms with E-state index in [1.54, 1.807) is 20.8 Å². The Labute approximate surface area is 231 Å². The minimum absolute atomic E-state index is 0.197. The van der Waals surface area contributed by atoms with Crippen LogP contribution in [0, 0.1) is 13.8 Å². The maximum Gasteiger partial charge on any atom is 0.408 e. The van der Waals surface area contributed by atoms with Crippen molar-refractivity contribution in [1.82, 2.24) is 15.5 Å². The smallest absolute Gasteiger partial charge is 0.408 e. The number of aryl methyl sites for hydroxylation is 2. The molecule has 9 nitrogen and oxygen atoms in total. The van der Waals surface area contributed by atoms with Gasteiger partial charge in [-0.25, -0.2) is 4.79 Å². The first-order chi connectivity index (χ1) is 18.4. The maximum absolute atomic E-state index is 14.2. The number of ether oxygens (including phenoxy) is 2. The summed E-state index contributed by atoms with van der Waals surface area (Å²) in [6.07, 6.45) is 0.0243. The van der Waals surface area contributed by atoms with Crippen LogP contribution < -0.4 is 10.6 Å². The van der Waals surface area contributed by atoms with E-state index < -0.39 is 41.6 Å². The molecule has 2 aromatic carbocycles. The number of methoxy groups -OCH3 is 1. The molecule has 0 saturated carbocycles. The van der Waals surface area contributed by atoms with Gasteiger partial charge in [0, 0.05) is 13.0 Å². The molecule has 0 aromatic heterocycles. The van der Waals surface area contributed by atoms with Gasteiger partial charge in [0.15, 0.2) is 0 Å². The fraction of sp³-hybridized carbons (Fsp3) is 0.467. The normalized spacial score (nSPS) is 12.6. The monoisotopic (exact) mass is 539 g/mol. The van der Waals surface area contributed by atoms with Crippen LogP contribution in [0.3, 0.4) is 0 Å². The maximum atomic E-state index is 14.2. The number of hydrogen-bond donors (Lipinski definition) is 2. The molecule has 0 aliphatic carbocycles. The summed E-state index contributed by atoms with van der Waals surface area (Å²) in [5.74, 6) is -1.57. The molecule has 0 saturated heterocycles. The Kier molecular flexibility index (Phi) is 11.5. The van der Waals surface area contributed by atoms with Crippen LogP contribution in [-0.2, 0) is 30.3 Å². The molecule has 212 valence electrons. The highest BCUT2D eigenvalue weighted by molar-refractivity contribution is 5.93. The molecular formula is C30H41N3O6. The van der Waals surface area contributed by atoms with E-state index in [2.05, 4.69) is 15.4 Å². The fourth-order valence-electron chi connectivity index (χ4n) is 4.14. The van der Waals surface area contributed by atoms with Gasteiger partial charge in [-0.05, 0) is 57.7 Å². The Hall–Kier alpha value is -3.88. The number of alkyl carbamates (subject to hydrolysis) is 1. The Bertz CT molecular complexity index is 1140. The van der Waals surface area contributed by atoms with Gasteiger partial charge in [-0.3, -0.25) is 14.4 Å². The van der Waals surface area contributed by atoms with Crippen molar-refractivity contribution in [1.29, 1.82) is 0 Å². The van der Waals surface area contributed by atoms with Gasteiger partial charge in [-0.1, -0.05) is 61.0 Å². The summed E-state index contributed by atoms with van der Waals surface area (Å²) in [4.78, 5) is 53.9.